The second-order valence-electron chi connectivity index (χ2n) is 7.87. The molecular weight excluding hydrogens is 423 g/mol. The van der Waals surface area contributed by atoms with Crippen molar-refractivity contribution in [1.82, 2.24) is 4.90 Å². The quantitative estimate of drug-likeness (QED) is 0.480. The van der Waals surface area contributed by atoms with Crippen LogP contribution in [0.4, 0.5) is 10.1 Å². The second kappa shape index (κ2) is 10.0. The highest BCUT2D eigenvalue weighted by Crippen LogP contribution is 2.30. The average Bonchev–Trinajstić information content (AvgIpc) is 2.83. The number of aryl methyl sites for hydroxylation is 1. The maximum absolute atomic E-state index is 14.1. The number of hydrogen-bond donors (Lipinski definition) is 0. The Bertz CT molecular complexity index is 1080. The molecule has 1 aliphatic heterocycles. The molecule has 0 radical (unpaired) electrons. The number of rotatable bonds is 6. The largest absolute Gasteiger partial charge is 0.493 e. The monoisotopic (exact) mass is 450 g/mol. The first-order valence-corrected chi connectivity index (χ1v) is 11.1. The molecule has 0 bridgehead atoms. The van der Waals surface area contributed by atoms with E-state index in [0.29, 0.717) is 23.8 Å². The van der Waals surface area contributed by atoms with Crippen molar-refractivity contribution in [3.05, 3.63) is 89.2 Å². The Balaban J connectivity index is 1.39. The SMILES string of the molecule is COc1cc(C(=S)N2CCN(c3ccccc3F)CC2)ccc1OCc1ccc(C)cc1. The number of ether oxygens (including phenoxy) is 2. The molecule has 3 aromatic carbocycles. The Morgan fingerprint density at radius 1 is 0.938 bits per heavy atom. The molecule has 6 heteroatoms. The fraction of sp³-hybridized carbons (Fsp3) is 0.269. The number of para-hydroxylation sites is 1. The summed E-state index contributed by atoms with van der Waals surface area (Å²) in [4.78, 5) is 4.99. The predicted octanol–water partition coefficient (Wildman–Crippen LogP) is 5.22. The minimum absolute atomic E-state index is 0.186. The minimum Gasteiger partial charge on any atom is -0.493 e. The summed E-state index contributed by atoms with van der Waals surface area (Å²) in [6.07, 6.45) is 0. The molecule has 1 heterocycles. The first kappa shape index (κ1) is 22.1. The summed E-state index contributed by atoms with van der Waals surface area (Å²) >= 11 is 5.76. The zero-order valence-electron chi connectivity index (χ0n) is 18.4. The van der Waals surface area contributed by atoms with Crippen LogP contribution in [-0.2, 0) is 6.61 Å². The van der Waals surface area contributed by atoms with Crippen LogP contribution in [-0.4, -0.2) is 43.2 Å². The lowest BCUT2D eigenvalue weighted by atomic mass is 10.1. The molecule has 32 heavy (non-hydrogen) atoms. The Hall–Kier alpha value is -3.12. The van der Waals surface area contributed by atoms with E-state index in [9.17, 15) is 4.39 Å². The van der Waals surface area contributed by atoms with Gasteiger partial charge in [0.05, 0.1) is 12.8 Å². The highest BCUT2D eigenvalue weighted by molar-refractivity contribution is 7.80. The molecule has 0 N–H and O–H groups in total. The Morgan fingerprint density at radius 2 is 1.66 bits per heavy atom. The maximum atomic E-state index is 14.1. The van der Waals surface area contributed by atoms with Gasteiger partial charge in [0.1, 0.15) is 17.4 Å². The third-order valence-electron chi connectivity index (χ3n) is 5.69. The van der Waals surface area contributed by atoms with Gasteiger partial charge in [0.25, 0.3) is 0 Å². The van der Waals surface area contributed by atoms with Gasteiger partial charge in [-0.3, -0.25) is 0 Å². The van der Waals surface area contributed by atoms with E-state index in [2.05, 4.69) is 41.0 Å². The number of methoxy groups -OCH3 is 1. The van der Waals surface area contributed by atoms with Crippen molar-refractivity contribution < 1.29 is 13.9 Å². The predicted molar refractivity (Wildman–Crippen MR) is 130 cm³/mol. The molecule has 166 valence electrons. The molecule has 0 atom stereocenters. The van der Waals surface area contributed by atoms with E-state index in [4.69, 9.17) is 21.7 Å². The number of halogens is 1. The number of benzene rings is 3. The van der Waals surface area contributed by atoms with Crippen molar-refractivity contribution >= 4 is 22.9 Å². The van der Waals surface area contributed by atoms with Crippen LogP contribution < -0.4 is 14.4 Å². The van der Waals surface area contributed by atoms with Crippen LogP contribution in [0.1, 0.15) is 16.7 Å². The Morgan fingerprint density at radius 3 is 2.34 bits per heavy atom. The third-order valence-corrected chi connectivity index (χ3v) is 6.18. The molecule has 0 saturated carbocycles. The van der Waals surface area contributed by atoms with Crippen LogP contribution in [0.3, 0.4) is 0 Å². The van der Waals surface area contributed by atoms with Crippen molar-refractivity contribution in [1.29, 1.82) is 0 Å². The zero-order valence-corrected chi connectivity index (χ0v) is 19.2. The molecule has 4 rings (SSSR count). The number of hydrogen-bond acceptors (Lipinski definition) is 4. The molecule has 1 aliphatic rings. The smallest absolute Gasteiger partial charge is 0.161 e. The molecule has 1 saturated heterocycles. The summed E-state index contributed by atoms with van der Waals surface area (Å²) in [6, 6.07) is 21.0. The summed E-state index contributed by atoms with van der Waals surface area (Å²) in [7, 11) is 1.63. The molecule has 0 spiro atoms. The van der Waals surface area contributed by atoms with Crippen molar-refractivity contribution in [2.75, 3.05) is 38.2 Å². The Labute approximate surface area is 194 Å². The van der Waals surface area contributed by atoms with Crippen molar-refractivity contribution in [3.63, 3.8) is 0 Å². The Kier molecular flexibility index (Phi) is 6.90. The number of thiocarbonyl (C=S) groups is 1. The van der Waals surface area contributed by atoms with Crippen LogP contribution in [0.2, 0.25) is 0 Å². The lowest BCUT2D eigenvalue weighted by molar-refractivity contribution is 0.284. The molecule has 4 nitrogen and oxygen atoms in total. The van der Waals surface area contributed by atoms with E-state index < -0.39 is 0 Å². The van der Waals surface area contributed by atoms with E-state index in [-0.39, 0.29) is 5.82 Å². The highest BCUT2D eigenvalue weighted by atomic mass is 32.1. The summed E-state index contributed by atoms with van der Waals surface area (Å²) in [5.74, 6) is 1.15. The van der Waals surface area contributed by atoms with Crippen molar-refractivity contribution in [3.8, 4) is 11.5 Å². The third kappa shape index (κ3) is 5.02. The highest BCUT2D eigenvalue weighted by Gasteiger charge is 2.22. The topological polar surface area (TPSA) is 24.9 Å². The second-order valence-corrected chi connectivity index (χ2v) is 8.26. The van der Waals surface area contributed by atoms with Crippen LogP contribution in [0.15, 0.2) is 66.7 Å². The normalized spacial score (nSPS) is 13.7. The number of piperazine rings is 1. The van der Waals surface area contributed by atoms with Crippen LogP contribution in [0.5, 0.6) is 11.5 Å². The summed E-state index contributed by atoms with van der Waals surface area (Å²) in [6.45, 7) is 5.45. The van der Waals surface area contributed by atoms with Gasteiger partial charge in [0.2, 0.25) is 0 Å². The standard InChI is InChI=1S/C26H27FN2O2S/c1-19-7-9-20(10-8-19)18-31-24-12-11-21(17-25(24)30-2)26(32)29-15-13-28(14-16-29)23-6-4-3-5-22(23)27/h3-12,17H,13-16,18H2,1-2H3. The van der Waals surface area contributed by atoms with Gasteiger partial charge >= 0.3 is 0 Å². The maximum Gasteiger partial charge on any atom is 0.161 e. The zero-order chi connectivity index (χ0) is 22.5. The minimum atomic E-state index is -0.186. The molecule has 0 aliphatic carbocycles. The molecule has 0 amide bonds. The van der Waals surface area contributed by atoms with E-state index in [1.54, 1.807) is 13.2 Å². The van der Waals surface area contributed by atoms with Gasteiger partial charge in [-0.25, -0.2) is 4.39 Å². The molecule has 1 fully saturated rings. The molecule has 0 aromatic heterocycles. The fourth-order valence-corrected chi connectivity index (χ4v) is 4.12. The van der Waals surface area contributed by atoms with Gasteiger partial charge in [-0.15, -0.1) is 0 Å². The summed E-state index contributed by atoms with van der Waals surface area (Å²) < 4.78 is 25.6. The summed E-state index contributed by atoms with van der Waals surface area (Å²) in [5.41, 5.74) is 3.89. The van der Waals surface area contributed by atoms with Crippen LogP contribution in [0.25, 0.3) is 0 Å². The van der Waals surface area contributed by atoms with Gasteiger partial charge in [-0.1, -0.05) is 54.2 Å². The first-order chi connectivity index (χ1) is 15.5. The van der Waals surface area contributed by atoms with E-state index >= 15 is 0 Å². The molecule has 0 unspecified atom stereocenters. The average molecular weight is 451 g/mol. The van der Waals surface area contributed by atoms with Gasteiger partial charge in [0.15, 0.2) is 11.5 Å². The van der Waals surface area contributed by atoms with Gasteiger partial charge in [0, 0.05) is 31.7 Å². The van der Waals surface area contributed by atoms with Crippen LogP contribution >= 0.6 is 12.2 Å². The first-order valence-electron chi connectivity index (χ1n) is 10.7. The van der Waals surface area contributed by atoms with Gasteiger partial charge < -0.3 is 19.3 Å². The van der Waals surface area contributed by atoms with Crippen molar-refractivity contribution in [2.24, 2.45) is 0 Å². The lowest BCUT2D eigenvalue weighted by Crippen LogP contribution is -2.48. The van der Waals surface area contributed by atoms with Gasteiger partial charge in [-0.2, -0.15) is 0 Å². The van der Waals surface area contributed by atoms with E-state index in [1.807, 2.05) is 30.3 Å². The fourth-order valence-electron chi connectivity index (χ4n) is 3.81. The van der Waals surface area contributed by atoms with E-state index in [0.717, 1.165) is 42.3 Å². The van der Waals surface area contributed by atoms with E-state index in [1.165, 1.54) is 11.6 Å². The van der Waals surface area contributed by atoms with Crippen molar-refractivity contribution in [2.45, 2.75) is 13.5 Å². The summed E-state index contributed by atoms with van der Waals surface area (Å²) in [5, 5.41) is 0. The molecular formula is C26H27FN2O2S. The van der Waals surface area contributed by atoms with Crippen LogP contribution in [0, 0.1) is 12.7 Å². The number of anilines is 1. The lowest BCUT2D eigenvalue weighted by Gasteiger charge is -2.37. The van der Waals surface area contributed by atoms with Gasteiger partial charge in [-0.05, 0) is 42.8 Å². The molecule has 3 aromatic rings. The number of nitrogens with zero attached hydrogens (tertiary/aromatic N) is 2.